The molecule has 0 aliphatic heterocycles. The molecule has 1 saturated carbocycles. The van der Waals surface area contributed by atoms with Crippen molar-refractivity contribution in [2.75, 3.05) is 5.32 Å². The number of aryl methyl sites for hydroxylation is 1. The van der Waals surface area contributed by atoms with Crippen LogP contribution in [0.15, 0.2) is 102 Å². The number of ether oxygens (including phenoxy) is 1. The van der Waals surface area contributed by atoms with Gasteiger partial charge in [0.25, 0.3) is 0 Å². The molecule has 1 atom stereocenters. The maximum absolute atomic E-state index is 13.6. The van der Waals surface area contributed by atoms with E-state index >= 15 is 0 Å². The molecule has 4 aromatic carbocycles. The molecule has 0 bridgehead atoms. The third-order valence-corrected chi connectivity index (χ3v) is 7.60. The molecular formula is C35H29F3N2O3. The van der Waals surface area contributed by atoms with Crippen molar-refractivity contribution >= 4 is 17.3 Å². The smallest absolute Gasteiger partial charge is 0.417 e. The zero-order valence-electron chi connectivity index (χ0n) is 23.6. The Morgan fingerprint density at radius 3 is 2.21 bits per heavy atom. The highest BCUT2D eigenvalue weighted by atomic mass is 19.4. The molecule has 8 heteroatoms. The van der Waals surface area contributed by atoms with E-state index in [1.165, 1.54) is 12.1 Å². The Bertz CT molecular complexity index is 1750. The van der Waals surface area contributed by atoms with E-state index < -0.39 is 11.7 Å². The van der Waals surface area contributed by atoms with E-state index in [0.29, 0.717) is 28.4 Å². The second kappa shape index (κ2) is 11.4. The average Bonchev–Trinajstić information content (AvgIpc) is 3.81. The number of benzene rings is 4. The first-order chi connectivity index (χ1) is 20.7. The summed E-state index contributed by atoms with van der Waals surface area (Å²) < 4.78 is 52.1. The van der Waals surface area contributed by atoms with E-state index in [9.17, 15) is 18.0 Å². The fourth-order valence-electron chi connectivity index (χ4n) is 5.02. The van der Waals surface area contributed by atoms with E-state index in [0.717, 1.165) is 41.2 Å². The summed E-state index contributed by atoms with van der Waals surface area (Å²) >= 11 is 0. The summed E-state index contributed by atoms with van der Waals surface area (Å²) in [6.07, 6.45) is -2.93. The summed E-state index contributed by atoms with van der Waals surface area (Å²) in [6, 6.07) is 28.2. The van der Waals surface area contributed by atoms with Gasteiger partial charge in [-0.1, -0.05) is 84.0 Å². The largest absolute Gasteiger partial charge is 0.458 e. The predicted octanol–water partition coefficient (Wildman–Crippen LogP) is 9.76. The van der Waals surface area contributed by atoms with Crippen molar-refractivity contribution in [3.63, 3.8) is 0 Å². The minimum Gasteiger partial charge on any atom is -0.458 e. The SMILES string of the molecule is Cc1noc(-c2ccc(-c3ccc(C(C)OC(=O)C4CC4)cc3)cc2)c1Nc1cccc(-c2ccccc2C(F)(F)F)c1. The molecule has 5 nitrogen and oxygen atoms in total. The number of alkyl halides is 3. The molecule has 5 aromatic rings. The number of hydrogen-bond donors (Lipinski definition) is 1. The van der Waals surface area contributed by atoms with Gasteiger partial charge < -0.3 is 14.6 Å². The number of carbonyl (C=O) groups is 1. The molecule has 1 N–H and O–H groups in total. The normalized spacial score (nSPS) is 13.9. The van der Waals surface area contributed by atoms with Crippen molar-refractivity contribution in [3.8, 4) is 33.6 Å². The molecule has 6 rings (SSSR count). The van der Waals surface area contributed by atoms with Gasteiger partial charge in [0, 0.05) is 11.3 Å². The number of aromatic nitrogens is 1. The Morgan fingerprint density at radius 1 is 0.884 bits per heavy atom. The summed E-state index contributed by atoms with van der Waals surface area (Å²) in [4.78, 5) is 12.0. The van der Waals surface area contributed by atoms with Gasteiger partial charge in [-0.05, 0) is 72.7 Å². The topological polar surface area (TPSA) is 64.4 Å². The number of anilines is 2. The van der Waals surface area contributed by atoms with E-state index in [-0.39, 0.29) is 23.6 Å². The van der Waals surface area contributed by atoms with E-state index in [2.05, 4.69) is 10.5 Å². The van der Waals surface area contributed by atoms with E-state index in [1.54, 1.807) is 37.3 Å². The molecule has 1 heterocycles. The zero-order chi connectivity index (χ0) is 30.1. The van der Waals surface area contributed by atoms with Crippen LogP contribution in [0.2, 0.25) is 0 Å². The number of nitrogens with one attached hydrogen (secondary N) is 1. The minimum atomic E-state index is -4.46. The number of hydrogen-bond acceptors (Lipinski definition) is 5. The molecule has 1 aliphatic rings. The van der Waals surface area contributed by atoms with Gasteiger partial charge in [0.1, 0.15) is 17.5 Å². The molecule has 1 fully saturated rings. The molecule has 1 aliphatic carbocycles. The van der Waals surface area contributed by atoms with Crippen LogP contribution in [0.1, 0.15) is 42.7 Å². The third-order valence-electron chi connectivity index (χ3n) is 7.60. The predicted molar refractivity (Wildman–Crippen MR) is 160 cm³/mol. The van der Waals surface area contributed by atoms with Crippen LogP contribution < -0.4 is 5.32 Å². The van der Waals surface area contributed by atoms with Gasteiger partial charge in [0.15, 0.2) is 5.76 Å². The van der Waals surface area contributed by atoms with Crippen LogP contribution in [0.3, 0.4) is 0 Å². The maximum Gasteiger partial charge on any atom is 0.417 e. The second-order valence-electron chi connectivity index (χ2n) is 10.8. The fourth-order valence-corrected chi connectivity index (χ4v) is 5.02. The van der Waals surface area contributed by atoms with Crippen LogP contribution in [-0.2, 0) is 15.7 Å². The van der Waals surface area contributed by atoms with E-state index in [1.807, 2.05) is 55.5 Å². The highest BCUT2D eigenvalue weighted by Gasteiger charge is 2.33. The Labute approximate surface area is 247 Å². The lowest BCUT2D eigenvalue weighted by molar-refractivity contribution is -0.150. The summed E-state index contributed by atoms with van der Waals surface area (Å²) in [5.41, 5.74) is 5.47. The van der Waals surface area contributed by atoms with Crippen molar-refractivity contribution in [2.24, 2.45) is 5.92 Å². The Morgan fingerprint density at radius 2 is 1.53 bits per heavy atom. The lowest BCUT2D eigenvalue weighted by Crippen LogP contribution is -2.10. The van der Waals surface area contributed by atoms with Gasteiger partial charge in [-0.25, -0.2) is 0 Å². The van der Waals surface area contributed by atoms with Gasteiger partial charge in [-0.3, -0.25) is 4.79 Å². The van der Waals surface area contributed by atoms with Crippen LogP contribution in [-0.4, -0.2) is 11.1 Å². The molecule has 0 saturated heterocycles. The first kappa shape index (κ1) is 28.3. The lowest BCUT2D eigenvalue weighted by Gasteiger charge is -2.14. The van der Waals surface area contributed by atoms with Crippen LogP contribution in [0.5, 0.6) is 0 Å². The first-order valence-electron chi connectivity index (χ1n) is 14.1. The number of rotatable bonds is 8. The Hall–Kier alpha value is -4.85. The van der Waals surface area contributed by atoms with Crippen molar-refractivity contribution < 1.29 is 27.2 Å². The van der Waals surface area contributed by atoms with E-state index in [4.69, 9.17) is 9.26 Å². The summed E-state index contributed by atoms with van der Waals surface area (Å²) in [5.74, 6) is 0.463. The van der Waals surface area contributed by atoms with Crippen molar-refractivity contribution in [1.29, 1.82) is 0 Å². The lowest BCUT2D eigenvalue weighted by atomic mass is 9.98. The monoisotopic (exact) mass is 582 g/mol. The van der Waals surface area contributed by atoms with Gasteiger partial charge in [-0.15, -0.1) is 0 Å². The van der Waals surface area contributed by atoms with Crippen LogP contribution in [0.25, 0.3) is 33.6 Å². The molecule has 1 aromatic heterocycles. The number of halogens is 3. The van der Waals surface area contributed by atoms with Crippen molar-refractivity contribution in [1.82, 2.24) is 5.16 Å². The fraction of sp³-hybridized carbons (Fsp3) is 0.200. The summed E-state index contributed by atoms with van der Waals surface area (Å²) in [6.45, 7) is 3.68. The second-order valence-corrected chi connectivity index (χ2v) is 10.8. The Kier molecular flexibility index (Phi) is 7.52. The highest BCUT2D eigenvalue weighted by Crippen LogP contribution is 2.39. The minimum absolute atomic E-state index is 0.0648. The quantitative estimate of drug-likeness (QED) is 0.185. The zero-order valence-corrected chi connectivity index (χ0v) is 23.6. The Balaban J connectivity index is 1.20. The van der Waals surface area contributed by atoms with Gasteiger partial charge in [-0.2, -0.15) is 13.2 Å². The molecule has 0 spiro atoms. The van der Waals surface area contributed by atoms with Gasteiger partial charge in [0.2, 0.25) is 0 Å². The molecule has 0 amide bonds. The summed E-state index contributed by atoms with van der Waals surface area (Å²) in [5, 5.41) is 7.44. The van der Waals surface area contributed by atoms with Crippen LogP contribution in [0, 0.1) is 12.8 Å². The highest BCUT2D eigenvalue weighted by molar-refractivity contribution is 5.81. The van der Waals surface area contributed by atoms with Crippen LogP contribution in [0.4, 0.5) is 24.5 Å². The third kappa shape index (κ3) is 6.18. The molecule has 43 heavy (non-hydrogen) atoms. The number of carbonyl (C=O) groups excluding carboxylic acids is 1. The molecule has 218 valence electrons. The first-order valence-corrected chi connectivity index (χ1v) is 14.1. The van der Waals surface area contributed by atoms with Crippen molar-refractivity contribution in [2.45, 2.75) is 39.0 Å². The molecular weight excluding hydrogens is 553 g/mol. The van der Waals surface area contributed by atoms with Gasteiger partial charge >= 0.3 is 12.1 Å². The maximum atomic E-state index is 13.6. The van der Waals surface area contributed by atoms with Crippen molar-refractivity contribution in [3.05, 3.63) is 114 Å². The summed E-state index contributed by atoms with van der Waals surface area (Å²) in [7, 11) is 0. The number of esters is 1. The number of nitrogens with zero attached hydrogens (tertiary/aromatic N) is 1. The standard InChI is InChI=1S/C35H29F3N2O3/c1-21-32(39-29-7-5-6-28(20-29)30-8-3-4-9-31(30)35(36,37)38)33(43-40-21)26-16-14-25(15-17-26)24-12-10-23(11-13-24)22(2)42-34(41)27-18-19-27/h3-17,20,22,27,39H,18-19H2,1-2H3. The molecule has 0 radical (unpaired) electrons. The molecule has 1 unspecified atom stereocenters. The van der Waals surface area contributed by atoms with Gasteiger partial charge in [0.05, 0.1) is 11.5 Å². The average molecular weight is 583 g/mol. The van der Waals surface area contributed by atoms with Crippen LogP contribution >= 0.6 is 0 Å².